The number of pyridine rings is 1. The monoisotopic (exact) mass is 1310 g/mol. The minimum Gasteiger partial charge on any atom is -0.493 e. The van der Waals surface area contributed by atoms with E-state index in [1.165, 1.54) is 37.1 Å². The van der Waals surface area contributed by atoms with E-state index in [-0.39, 0.29) is 98.5 Å². The molecule has 0 aliphatic carbocycles. The number of imide groups is 1. The number of benzene rings is 2. The van der Waals surface area contributed by atoms with Crippen molar-refractivity contribution in [1.82, 2.24) is 35.0 Å². The molecule has 93 heavy (non-hydrogen) atoms. The van der Waals surface area contributed by atoms with Gasteiger partial charge >= 0.3 is 5.97 Å². The van der Waals surface area contributed by atoms with Crippen molar-refractivity contribution in [1.29, 1.82) is 0 Å². The van der Waals surface area contributed by atoms with E-state index in [4.69, 9.17) is 62.4 Å². The Labute approximate surface area is 546 Å². The van der Waals surface area contributed by atoms with E-state index in [9.17, 15) is 33.6 Å². The predicted molar refractivity (Wildman–Crippen MR) is 344 cm³/mol. The van der Waals surface area contributed by atoms with Crippen LogP contribution in [0.3, 0.4) is 0 Å². The van der Waals surface area contributed by atoms with E-state index in [0.717, 1.165) is 12.8 Å². The zero-order valence-electron chi connectivity index (χ0n) is 53.9. The molecule has 6 aliphatic heterocycles. The lowest BCUT2D eigenvalue weighted by Crippen LogP contribution is -2.49. The van der Waals surface area contributed by atoms with Gasteiger partial charge in [-0.1, -0.05) is 37.1 Å². The molecular formula is C66H85N9O17S. The molecule has 6 amide bonds. The van der Waals surface area contributed by atoms with Crippen LogP contribution >= 0.6 is 11.8 Å². The number of amides is 6. The van der Waals surface area contributed by atoms with Crippen LogP contribution in [-0.4, -0.2) is 232 Å². The molecule has 4 fully saturated rings. The fourth-order valence-electron chi connectivity index (χ4n) is 11.1. The Balaban J connectivity index is 0.687. The second-order valence-corrected chi connectivity index (χ2v) is 25.2. The number of fused-ring (bicyclic) bond motifs is 4. The zero-order valence-corrected chi connectivity index (χ0v) is 54.8. The second kappa shape index (κ2) is 33.8. The molecule has 0 saturated carbocycles. The first-order chi connectivity index (χ1) is 45.0. The molecule has 6 aliphatic rings. The number of aromatic nitrogens is 1. The number of ether oxygens (including phenoxy) is 9. The highest BCUT2D eigenvalue weighted by Crippen LogP contribution is 2.41. The van der Waals surface area contributed by atoms with Crippen LogP contribution in [0.15, 0.2) is 69.7 Å². The first-order valence-electron chi connectivity index (χ1n) is 31.6. The number of carbonyl (C=O) groups excluding carboxylic acids is 7. The average molecular weight is 1310 g/mol. The van der Waals surface area contributed by atoms with Crippen LogP contribution in [0.5, 0.6) is 28.7 Å². The topological polar surface area (TPSA) is 278 Å². The number of carbonyl (C=O) groups is 7. The molecule has 7 heterocycles. The van der Waals surface area contributed by atoms with E-state index in [1.807, 2.05) is 67.0 Å². The lowest BCUT2D eigenvalue weighted by molar-refractivity contribution is -0.198. The summed E-state index contributed by atoms with van der Waals surface area (Å²) in [5.74, 6) is 0.250. The number of rotatable bonds is 34. The molecule has 0 bridgehead atoms. The Morgan fingerprint density at radius 2 is 1.15 bits per heavy atom. The number of hydrogen-bond acceptors (Lipinski definition) is 22. The van der Waals surface area contributed by atoms with Gasteiger partial charge in [-0.05, 0) is 45.2 Å². The smallest absolute Gasteiger partial charge is 0.335 e. The van der Waals surface area contributed by atoms with Gasteiger partial charge in [-0.25, -0.2) is 4.79 Å². The van der Waals surface area contributed by atoms with E-state index >= 15 is 0 Å². The fourth-order valence-corrected chi connectivity index (χ4v) is 12.0. The molecule has 502 valence electrons. The number of hydrogen-bond donors (Lipinski definition) is 1. The lowest BCUT2D eigenvalue weighted by atomic mass is 10.1. The average Bonchev–Trinajstić information content (AvgIpc) is 1.70. The van der Waals surface area contributed by atoms with E-state index in [0.29, 0.717) is 173 Å². The summed E-state index contributed by atoms with van der Waals surface area (Å²) in [4.78, 5) is 116. The molecular weight excluding hydrogens is 1220 g/mol. The van der Waals surface area contributed by atoms with Crippen molar-refractivity contribution in [2.24, 2.45) is 9.98 Å². The van der Waals surface area contributed by atoms with Crippen LogP contribution in [-0.2, 0) is 61.0 Å². The van der Waals surface area contributed by atoms with Gasteiger partial charge in [0.1, 0.15) is 25.6 Å². The number of thioether (sulfide) groups is 1. The standard InChI is InChI=1S/C66H85N9O17S/c1-7-44-29-48-37-68-53-35-57(55(83-5)33-51(53)64(81)73(48)39-44)90-41-46-31-50(32-47(70-46)42-91-58-36-54-52(34-56(58)84-6)65(82)74-40-45(8-2)30-49(74)38-69-54)89-22-19-71-15-17-72(18-16-71)60(77)11-13-66(3,4)93-43-59(76)67-14-21-86-24-26-88-28-27-87-25-23-85-20-12-63(80)92-75-61(78)9-10-62(75)79/h7-8,31-38,48-49H,9-30,39-43H2,1-6H3,(H,67,76)/b44-7+,45-8+/t48-,49-/m0/s1. The molecule has 27 heteroatoms. The minimum absolute atomic E-state index is 0.00447. The van der Waals surface area contributed by atoms with Crippen molar-refractivity contribution in [3.05, 3.63) is 82.2 Å². The van der Waals surface area contributed by atoms with Gasteiger partial charge in [-0.2, -0.15) is 0 Å². The summed E-state index contributed by atoms with van der Waals surface area (Å²) in [5.41, 5.74) is 5.27. The molecule has 0 spiro atoms. The first-order valence-corrected chi connectivity index (χ1v) is 32.6. The first kappa shape index (κ1) is 69.4. The summed E-state index contributed by atoms with van der Waals surface area (Å²) < 4.78 is 52.4. The second-order valence-electron chi connectivity index (χ2n) is 23.5. The van der Waals surface area contributed by atoms with Crippen molar-refractivity contribution in [2.75, 3.05) is 132 Å². The maximum absolute atomic E-state index is 13.8. The largest absolute Gasteiger partial charge is 0.493 e. The molecule has 0 unspecified atom stereocenters. The summed E-state index contributed by atoms with van der Waals surface area (Å²) in [5, 5.41) is 3.39. The number of allylic oxidation sites excluding steroid dienone is 2. The van der Waals surface area contributed by atoms with Gasteiger partial charge in [0.2, 0.25) is 11.8 Å². The molecule has 26 nitrogen and oxygen atoms in total. The Kier molecular flexibility index (Phi) is 25.2. The van der Waals surface area contributed by atoms with E-state index < -0.39 is 17.8 Å². The number of aliphatic imine (C=N–C) groups is 2. The van der Waals surface area contributed by atoms with Gasteiger partial charge < -0.3 is 67.5 Å². The molecule has 2 aromatic carbocycles. The summed E-state index contributed by atoms with van der Waals surface area (Å²) in [6.45, 7) is 15.3. The van der Waals surface area contributed by atoms with Crippen molar-refractivity contribution < 1.29 is 81.0 Å². The maximum atomic E-state index is 13.8. The molecule has 4 saturated heterocycles. The van der Waals surface area contributed by atoms with Crippen LogP contribution < -0.4 is 29.0 Å². The highest BCUT2D eigenvalue weighted by Gasteiger charge is 2.37. The Bertz CT molecular complexity index is 3160. The number of nitrogens with zero attached hydrogens (tertiary/aromatic N) is 8. The molecule has 2 atom stereocenters. The third kappa shape index (κ3) is 19.3. The number of piperazine rings is 1. The van der Waals surface area contributed by atoms with Crippen molar-refractivity contribution in [3.63, 3.8) is 0 Å². The van der Waals surface area contributed by atoms with Crippen molar-refractivity contribution >= 4 is 77.0 Å². The molecule has 1 aromatic heterocycles. The molecule has 1 N–H and O–H groups in total. The summed E-state index contributed by atoms with van der Waals surface area (Å²) in [6.07, 6.45) is 10.2. The number of hydroxylamine groups is 2. The van der Waals surface area contributed by atoms with Crippen molar-refractivity contribution in [2.45, 2.75) is 103 Å². The minimum atomic E-state index is -0.724. The van der Waals surface area contributed by atoms with Crippen LogP contribution in [0, 0.1) is 0 Å². The van der Waals surface area contributed by atoms with Gasteiger partial charge in [-0.3, -0.25) is 48.6 Å². The normalized spacial score (nSPS) is 18.8. The third-order valence-electron chi connectivity index (χ3n) is 16.6. The third-order valence-corrected chi connectivity index (χ3v) is 17.9. The van der Waals surface area contributed by atoms with E-state index in [2.05, 4.69) is 22.4 Å². The predicted octanol–water partition coefficient (Wildman–Crippen LogP) is 6.01. The lowest BCUT2D eigenvalue weighted by Gasteiger charge is -2.35. The van der Waals surface area contributed by atoms with Crippen molar-refractivity contribution in [3.8, 4) is 28.7 Å². The number of methoxy groups -OCH3 is 2. The summed E-state index contributed by atoms with van der Waals surface area (Å²) >= 11 is 1.51. The quantitative estimate of drug-likeness (QED) is 0.0407. The summed E-state index contributed by atoms with van der Waals surface area (Å²) in [6, 6.07) is 10.2. The number of nitrogens with one attached hydrogen (secondary N) is 1. The van der Waals surface area contributed by atoms with Gasteiger partial charge in [0.05, 0.1) is 125 Å². The van der Waals surface area contributed by atoms with Crippen LogP contribution in [0.4, 0.5) is 11.4 Å². The summed E-state index contributed by atoms with van der Waals surface area (Å²) in [7, 11) is 3.06. The Morgan fingerprint density at radius 1 is 0.634 bits per heavy atom. The molecule has 3 aromatic rings. The fraction of sp³-hybridized carbons (Fsp3) is 0.545. The maximum Gasteiger partial charge on any atom is 0.335 e. The molecule has 9 rings (SSSR count). The van der Waals surface area contributed by atoms with Gasteiger partial charge in [0.25, 0.3) is 23.6 Å². The van der Waals surface area contributed by atoms with Gasteiger partial charge in [-0.15, -0.1) is 16.8 Å². The Morgan fingerprint density at radius 3 is 1.67 bits per heavy atom. The SMILES string of the molecule is C/C=C1\C[C@H]2C=Nc3cc(OCc4cc(OCCN5CCN(C(=O)CCC(C)(C)SCC(=O)NCCOCCOCCOCCOCCC(=O)ON6C(=O)CCC6=O)CC5)cc(COc5cc6c(cc5OC)C(=O)N5C/C(=C/C)C[C@H]5C=N6)n4)c(OC)cc3C(=O)N2C1. The van der Waals surface area contributed by atoms with Crippen LogP contribution in [0.2, 0.25) is 0 Å². The molecule has 0 radical (unpaired) electrons. The van der Waals surface area contributed by atoms with Gasteiger partial charge in [0.15, 0.2) is 23.0 Å². The highest BCUT2D eigenvalue weighted by atomic mass is 32.2. The van der Waals surface area contributed by atoms with Crippen LogP contribution in [0.25, 0.3) is 0 Å². The van der Waals surface area contributed by atoms with E-state index in [1.54, 1.807) is 24.3 Å². The van der Waals surface area contributed by atoms with Crippen LogP contribution in [0.1, 0.15) is 105 Å². The Hall–Kier alpha value is -7.95. The highest BCUT2D eigenvalue weighted by molar-refractivity contribution is 8.01. The van der Waals surface area contributed by atoms with Gasteiger partial charge in [0, 0.05) is 113 Å². The zero-order chi connectivity index (χ0) is 65.9.